The third-order valence-electron chi connectivity index (χ3n) is 2.08. The van der Waals surface area contributed by atoms with E-state index >= 15 is 0 Å². The van der Waals surface area contributed by atoms with Gasteiger partial charge in [-0.2, -0.15) is 0 Å². The van der Waals surface area contributed by atoms with Crippen LogP contribution in [0.3, 0.4) is 0 Å². The highest BCUT2D eigenvalue weighted by Crippen LogP contribution is 2.13. The van der Waals surface area contributed by atoms with Gasteiger partial charge in [0.15, 0.2) is 0 Å². The lowest BCUT2D eigenvalue weighted by atomic mass is 10.2. The van der Waals surface area contributed by atoms with Crippen molar-refractivity contribution in [1.82, 2.24) is 19.7 Å². The molecule has 2 rings (SSSR count). The van der Waals surface area contributed by atoms with Gasteiger partial charge in [-0.15, -0.1) is 10.2 Å². The summed E-state index contributed by atoms with van der Waals surface area (Å²) in [6.07, 6.45) is 1.01. The van der Waals surface area contributed by atoms with Crippen LogP contribution in [-0.2, 0) is 13.6 Å². The summed E-state index contributed by atoms with van der Waals surface area (Å²) >= 11 is 0. The molecule has 1 aliphatic heterocycles. The van der Waals surface area contributed by atoms with Crippen molar-refractivity contribution in [1.29, 1.82) is 0 Å². The summed E-state index contributed by atoms with van der Waals surface area (Å²) in [6.45, 7) is 1.77. The molecular formula is C7H11FN4. The monoisotopic (exact) mass is 170 g/mol. The predicted molar refractivity (Wildman–Crippen MR) is 41.2 cm³/mol. The zero-order valence-corrected chi connectivity index (χ0v) is 6.94. The molecule has 12 heavy (non-hydrogen) atoms. The zero-order valence-electron chi connectivity index (χ0n) is 6.94. The molecule has 0 saturated carbocycles. The Morgan fingerprint density at radius 2 is 2.42 bits per heavy atom. The molecule has 0 aliphatic carbocycles. The Hall–Kier alpha value is -0.970. The van der Waals surface area contributed by atoms with Crippen LogP contribution in [0, 0.1) is 0 Å². The Bertz CT molecular complexity index is 266. The summed E-state index contributed by atoms with van der Waals surface area (Å²) in [6, 6.07) is 0. The Balaban J connectivity index is 1.92. The Morgan fingerprint density at radius 1 is 1.67 bits per heavy atom. The number of alkyl halides is 1. The summed E-state index contributed by atoms with van der Waals surface area (Å²) in [5, 5.41) is 7.66. The number of hydrogen-bond acceptors (Lipinski definition) is 3. The SMILES string of the molecule is Cn1cnnc1CN1CC(F)C1. The lowest BCUT2D eigenvalue weighted by molar-refractivity contribution is 0.0561. The summed E-state index contributed by atoms with van der Waals surface area (Å²) in [7, 11) is 1.89. The molecule has 0 amide bonds. The van der Waals surface area contributed by atoms with Crippen LogP contribution in [0.1, 0.15) is 5.82 Å². The van der Waals surface area contributed by atoms with Crippen molar-refractivity contribution in [3.05, 3.63) is 12.2 Å². The number of nitrogens with zero attached hydrogens (tertiary/aromatic N) is 4. The Kier molecular flexibility index (Phi) is 1.80. The van der Waals surface area contributed by atoms with E-state index in [0.717, 1.165) is 5.82 Å². The quantitative estimate of drug-likeness (QED) is 0.625. The fraction of sp³-hybridized carbons (Fsp3) is 0.714. The van der Waals surface area contributed by atoms with Gasteiger partial charge in [0.25, 0.3) is 0 Å². The molecule has 0 N–H and O–H groups in total. The van der Waals surface area contributed by atoms with Gasteiger partial charge in [-0.3, -0.25) is 4.90 Å². The fourth-order valence-corrected chi connectivity index (χ4v) is 1.29. The molecule has 1 saturated heterocycles. The summed E-state index contributed by atoms with van der Waals surface area (Å²) in [5.41, 5.74) is 0. The normalized spacial score (nSPS) is 19.5. The van der Waals surface area contributed by atoms with Gasteiger partial charge < -0.3 is 4.57 Å². The predicted octanol–water partition coefficient (Wildman–Crippen LogP) is -0.0312. The van der Waals surface area contributed by atoms with Crippen LogP contribution in [0.4, 0.5) is 4.39 Å². The molecule has 1 aromatic heterocycles. The van der Waals surface area contributed by atoms with Crippen molar-refractivity contribution in [2.75, 3.05) is 13.1 Å². The van der Waals surface area contributed by atoms with Crippen molar-refractivity contribution in [3.63, 3.8) is 0 Å². The molecule has 0 bridgehead atoms. The largest absolute Gasteiger partial charge is 0.320 e. The van der Waals surface area contributed by atoms with E-state index in [1.807, 2.05) is 16.5 Å². The highest BCUT2D eigenvalue weighted by atomic mass is 19.1. The summed E-state index contributed by atoms with van der Waals surface area (Å²) < 4.78 is 14.3. The van der Waals surface area contributed by atoms with Crippen molar-refractivity contribution in [3.8, 4) is 0 Å². The van der Waals surface area contributed by atoms with Crippen LogP contribution in [0.25, 0.3) is 0 Å². The minimum atomic E-state index is -0.641. The van der Waals surface area contributed by atoms with Crippen LogP contribution >= 0.6 is 0 Å². The molecule has 0 unspecified atom stereocenters. The molecule has 0 spiro atoms. The molecule has 0 aromatic carbocycles. The molecule has 66 valence electrons. The second-order valence-corrected chi connectivity index (χ2v) is 3.15. The first-order valence-corrected chi connectivity index (χ1v) is 3.95. The van der Waals surface area contributed by atoms with Gasteiger partial charge in [0.2, 0.25) is 0 Å². The molecular weight excluding hydrogens is 159 g/mol. The molecule has 0 atom stereocenters. The number of aromatic nitrogens is 3. The first kappa shape index (κ1) is 7.67. The molecule has 4 nitrogen and oxygen atoms in total. The van der Waals surface area contributed by atoms with Gasteiger partial charge in [-0.05, 0) is 0 Å². The van der Waals surface area contributed by atoms with E-state index in [2.05, 4.69) is 10.2 Å². The lowest BCUT2D eigenvalue weighted by Gasteiger charge is -2.33. The van der Waals surface area contributed by atoms with Gasteiger partial charge in [-0.25, -0.2) is 4.39 Å². The first-order chi connectivity index (χ1) is 5.75. The highest BCUT2D eigenvalue weighted by molar-refractivity contribution is 4.89. The minimum absolute atomic E-state index is 0.535. The van der Waals surface area contributed by atoms with E-state index in [1.165, 1.54) is 0 Å². The second kappa shape index (κ2) is 2.82. The number of hydrogen-bond donors (Lipinski definition) is 0. The van der Waals surface area contributed by atoms with Crippen molar-refractivity contribution in [2.24, 2.45) is 7.05 Å². The van der Waals surface area contributed by atoms with Gasteiger partial charge in [0, 0.05) is 20.1 Å². The van der Waals surface area contributed by atoms with Gasteiger partial charge in [0.1, 0.15) is 18.3 Å². The van der Waals surface area contributed by atoms with E-state index in [9.17, 15) is 4.39 Å². The Morgan fingerprint density at radius 3 is 2.92 bits per heavy atom. The summed E-state index contributed by atoms with van der Waals surface area (Å²) in [4.78, 5) is 2.01. The van der Waals surface area contributed by atoms with E-state index in [4.69, 9.17) is 0 Å². The summed E-state index contributed by atoms with van der Waals surface area (Å²) in [5.74, 6) is 0.891. The standard InChI is InChI=1S/C7H11FN4/c1-11-5-9-10-7(11)4-12-2-6(8)3-12/h5-6H,2-4H2,1H3. The highest BCUT2D eigenvalue weighted by Gasteiger charge is 2.26. The van der Waals surface area contributed by atoms with Gasteiger partial charge in [-0.1, -0.05) is 0 Å². The average molecular weight is 170 g/mol. The maximum absolute atomic E-state index is 12.4. The number of likely N-dealkylation sites (tertiary alicyclic amines) is 1. The van der Waals surface area contributed by atoms with E-state index in [-0.39, 0.29) is 0 Å². The first-order valence-electron chi connectivity index (χ1n) is 3.95. The number of halogens is 1. The van der Waals surface area contributed by atoms with Crippen molar-refractivity contribution in [2.45, 2.75) is 12.7 Å². The topological polar surface area (TPSA) is 34.0 Å². The Labute approximate surface area is 70.0 Å². The molecule has 1 aromatic rings. The van der Waals surface area contributed by atoms with Gasteiger partial charge in [0.05, 0.1) is 6.54 Å². The molecule has 1 fully saturated rings. The van der Waals surface area contributed by atoms with E-state index in [1.54, 1.807) is 6.33 Å². The molecule has 0 radical (unpaired) electrons. The number of aryl methyl sites for hydroxylation is 1. The molecule has 5 heteroatoms. The maximum Gasteiger partial charge on any atom is 0.146 e. The van der Waals surface area contributed by atoms with Crippen LogP contribution in [0.5, 0.6) is 0 Å². The molecule has 2 heterocycles. The van der Waals surface area contributed by atoms with Gasteiger partial charge >= 0.3 is 0 Å². The minimum Gasteiger partial charge on any atom is -0.320 e. The lowest BCUT2D eigenvalue weighted by Crippen LogP contribution is -2.47. The fourth-order valence-electron chi connectivity index (χ4n) is 1.29. The second-order valence-electron chi connectivity index (χ2n) is 3.15. The third-order valence-corrected chi connectivity index (χ3v) is 2.08. The van der Waals surface area contributed by atoms with Crippen molar-refractivity contribution < 1.29 is 4.39 Å². The zero-order chi connectivity index (χ0) is 8.55. The maximum atomic E-state index is 12.4. The average Bonchev–Trinajstić information content (AvgIpc) is 2.33. The molecule has 1 aliphatic rings. The van der Waals surface area contributed by atoms with Crippen LogP contribution < -0.4 is 0 Å². The van der Waals surface area contributed by atoms with E-state index in [0.29, 0.717) is 19.6 Å². The third kappa shape index (κ3) is 1.32. The van der Waals surface area contributed by atoms with Crippen molar-refractivity contribution >= 4 is 0 Å². The van der Waals surface area contributed by atoms with Crippen LogP contribution in [0.15, 0.2) is 6.33 Å². The van der Waals surface area contributed by atoms with E-state index < -0.39 is 6.17 Å². The van der Waals surface area contributed by atoms with Crippen LogP contribution in [0.2, 0.25) is 0 Å². The number of rotatable bonds is 2. The van der Waals surface area contributed by atoms with Crippen LogP contribution in [-0.4, -0.2) is 38.9 Å². The smallest absolute Gasteiger partial charge is 0.146 e.